The molecule has 5 N–H and O–H groups in total. The van der Waals surface area contributed by atoms with E-state index in [2.05, 4.69) is 5.32 Å². The normalized spacial score (nSPS) is 15.9. The number of methoxy groups -OCH3 is 1. The molecule has 2 rings (SSSR count). The van der Waals surface area contributed by atoms with Crippen LogP contribution in [0.25, 0.3) is 0 Å². The molecule has 0 bridgehead atoms. The molecule has 6 heteroatoms. The quantitative estimate of drug-likeness (QED) is 0.713. The molecule has 1 aromatic rings. The Morgan fingerprint density at radius 2 is 2.26 bits per heavy atom. The molecule has 1 amide bonds. The summed E-state index contributed by atoms with van der Waals surface area (Å²) < 4.78 is 5.16. The van der Waals surface area contributed by atoms with Crippen LogP contribution in [-0.4, -0.2) is 25.6 Å². The molecule has 0 spiro atoms. The molecule has 5 nitrogen and oxygen atoms in total. The third-order valence-corrected chi connectivity index (χ3v) is 3.65. The molecule has 1 unspecified atom stereocenters. The minimum Gasteiger partial charge on any atom is -0.496 e. The fourth-order valence-electron chi connectivity index (χ4n) is 2.03. The van der Waals surface area contributed by atoms with Crippen LogP contribution in [0, 0.1) is 5.92 Å². The number of rotatable bonds is 5. The molecule has 104 valence electrons. The van der Waals surface area contributed by atoms with E-state index in [9.17, 15) is 4.79 Å². The van der Waals surface area contributed by atoms with Gasteiger partial charge in [-0.05, 0) is 24.8 Å². The lowest BCUT2D eigenvalue weighted by molar-refractivity contribution is 0.0930. The first-order valence-corrected chi connectivity index (χ1v) is 6.58. The van der Waals surface area contributed by atoms with Crippen molar-refractivity contribution >= 4 is 23.2 Å². The first-order chi connectivity index (χ1) is 9.06. The molecule has 0 aromatic heterocycles. The highest BCUT2D eigenvalue weighted by atomic mass is 35.5. The summed E-state index contributed by atoms with van der Waals surface area (Å²) in [5, 5.41) is 3.26. The van der Waals surface area contributed by atoms with E-state index >= 15 is 0 Å². The third-order valence-electron chi connectivity index (χ3n) is 3.32. The Hall–Kier alpha value is -1.46. The Morgan fingerprint density at radius 3 is 2.79 bits per heavy atom. The Balaban J connectivity index is 2.19. The van der Waals surface area contributed by atoms with Gasteiger partial charge in [-0.25, -0.2) is 0 Å². The van der Waals surface area contributed by atoms with Gasteiger partial charge in [0.15, 0.2) is 0 Å². The number of nitrogen functional groups attached to an aromatic ring is 1. The number of hydrogen-bond acceptors (Lipinski definition) is 4. The summed E-state index contributed by atoms with van der Waals surface area (Å²) >= 11 is 5.95. The molecule has 19 heavy (non-hydrogen) atoms. The number of halogens is 1. The van der Waals surface area contributed by atoms with E-state index in [0.29, 0.717) is 34.5 Å². The molecule has 1 fully saturated rings. The average molecular weight is 284 g/mol. The second-order valence-corrected chi connectivity index (χ2v) is 5.13. The molecule has 1 aromatic carbocycles. The van der Waals surface area contributed by atoms with Crippen molar-refractivity contribution in [3.63, 3.8) is 0 Å². The van der Waals surface area contributed by atoms with Crippen LogP contribution in [0.3, 0.4) is 0 Å². The molecule has 0 saturated heterocycles. The highest BCUT2D eigenvalue weighted by Crippen LogP contribution is 2.33. The minimum absolute atomic E-state index is 0.00790. The number of carbonyl (C=O) groups excluding carboxylic acids is 1. The van der Waals surface area contributed by atoms with Crippen molar-refractivity contribution in [2.45, 2.75) is 18.9 Å². The number of anilines is 1. The Kier molecular flexibility index (Phi) is 4.17. The summed E-state index contributed by atoms with van der Waals surface area (Å²) in [5.74, 6) is 0.663. The lowest BCUT2D eigenvalue weighted by atomic mass is 10.1. The van der Waals surface area contributed by atoms with Crippen LogP contribution >= 0.6 is 11.6 Å². The second kappa shape index (κ2) is 5.67. The number of hydrogen-bond donors (Lipinski definition) is 3. The molecule has 1 saturated carbocycles. The summed E-state index contributed by atoms with van der Waals surface area (Å²) in [6, 6.07) is 3.07. The van der Waals surface area contributed by atoms with Crippen LogP contribution in [0.1, 0.15) is 23.2 Å². The summed E-state index contributed by atoms with van der Waals surface area (Å²) in [5.41, 5.74) is 12.1. The maximum absolute atomic E-state index is 12.2. The maximum atomic E-state index is 12.2. The highest BCUT2D eigenvalue weighted by Gasteiger charge is 2.32. The number of amides is 1. The largest absolute Gasteiger partial charge is 0.496 e. The first-order valence-electron chi connectivity index (χ1n) is 6.20. The molecule has 0 radical (unpaired) electrons. The van der Waals surface area contributed by atoms with Crippen molar-refractivity contribution in [1.29, 1.82) is 0 Å². The van der Waals surface area contributed by atoms with E-state index in [1.807, 2.05) is 0 Å². The smallest absolute Gasteiger partial charge is 0.255 e. The van der Waals surface area contributed by atoms with Crippen molar-refractivity contribution in [3.8, 4) is 5.75 Å². The Bertz CT molecular complexity index is 489. The molecular formula is C13H18ClN3O2. The van der Waals surface area contributed by atoms with Gasteiger partial charge in [-0.2, -0.15) is 0 Å². The molecule has 1 aliphatic rings. The zero-order valence-electron chi connectivity index (χ0n) is 10.8. The second-order valence-electron chi connectivity index (χ2n) is 4.73. The zero-order valence-corrected chi connectivity index (χ0v) is 11.5. The Labute approximate surface area is 117 Å². The highest BCUT2D eigenvalue weighted by molar-refractivity contribution is 6.33. The molecule has 1 aliphatic carbocycles. The lowest BCUT2D eigenvalue weighted by Gasteiger charge is -2.17. The van der Waals surface area contributed by atoms with Gasteiger partial charge in [-0.15, -0.1) is 0 Å². The lowest BCUT2D eigenvalue weighted by Crippen LogP contribution is -2.41. The van der Waals surface area contributed by atoms with Crippen LogP contribution in [0.5, 0.6) is 5.75 Å². The van der Waals surface area contributed by atoms with Crippen molar-refractivity contribution in [2.75, 3.05) is 19.4 Å². The van der Waals surface area contributed by atoms with Gasteiger partial charge >= 0.3 is 0 Å². The van der Waals surface area contributed by atoms with Gasteiger partial charge in [0, 0.05) is 18.7 Å². The number of carbonyl (C=O) groups is 1. The van der Waals surface area contributed by atoms with Crippen molar-refractivity contribution in [3.05, 3.63) is 22.7 Å². The van der Waals surface area contributed by atoms with Crippen molar-refractivity contribution in [1.82, 2.24) is 5.32 Å². The number of nitrogens with one attached hydrogen (secondary N) is 1. The van der Waals surface area contributed by atoms with Gasteiger partial charge in [0.05, 0.1) is 23.4 Å². The third kappa shape index (κ3) is 3.11. The minimum atomic E-state index is -0.235. The number of nitrogens with two attached hydrogens (primary N) is 2. The summed E-state index contributed by atoms with van der Waals surface area (Å²) in [7, 11) is 1.49. The van der Waals surface area contributed by atoms with Crippen LogP contribution in [0.2, 0.25) is 5.02 Å². The van der Waals surface area contributed by atoms with Gasteiger partial charge < -0.3 is 21.5 Å². The number of ether oxygens (including phenoxy) is 1. The van der Waals surface area contributed by atoms with E-state index in [0.717, 1.165) is 12.8 Å². The fourth-order valence-corrected chi connectivity index (χ4v) is 2.19. The van der Waals surface area contributed by atoms with Crippen LogP contribution in [-0.2, 0) is 0 Å². The summed E-state index contributed by atoms with van der Waals surface area (Å²) in [6.07, 6.45) is 2.23. The topological polar surface area (TPSA) is 90.4 Å². The van der Waals surface area contributed by atoms with Gasteiger partial charge in [-0.3, -0.25) is 4.79 Å². The fraction of sp³-hybridized carbons (Fsp3) is 0.462. The van der Waals surface area contributed by atoms with Gasteiger partial charge in [-0.1, -0.05) is 11.6 Å². The van der Waals surface area contributed by atoms with E-state index < -0.39 is 0 Å². The van der Waals surface area contributed by atoms with E-state index in [-0.39, 0.29) is 11.9 Å². The standard InChI is InChI=1S/C13H18ClN3O2/c1-19-12-5-10(16)9(14)4-8(12)13(18)17-11(6-15)7-2-3-7/h4-5,7,11H,2-3,6,15-16H2,1H3,(H,17,18). The van der Waals surface area contributed by atoms with Gasteiger partial charge in [0.1, 0.15) is 5.75 Å². The molecular weight excluding hydrogens is 266 g/mol. The van der Waals surface area contributed by atoms with Crippen LogP contribution in [0.4, 0.5) is 5.69 Å². The maximum Gasteiger partial charge on any atom is 0.255 e. The van der Waals surface area contributed by atoms with Crippen molar-refractivity contribution in [2.24, 2.45) is 11.7 Å². The number of benzene rings is 1. The Morgan fingerprint density at radius 1 is 1.58 bits per heavy atom. The summed E-state index contributed by atoms with van der Waals surface area (Å²) in [6.45, 7) is 0.432. The SMILES string of the molecule is COc1cc(N)c(Cl)cc1C(=O)NC(CN)C1CC1. The van der Waals surface area contributed by atoms with Crippen LogP contribution < -0.4 is 21.5 Å². The van der Waals surface area contributed by atoms with Crippen molar-refractivity contribution < 1.29 is 9.53 Å². The summed E-state index contributed by atoms with van der Waals surface area (Å²) in [4.78, 5) is 12.2. The zero-order chi connectivity index (χ0) is 14.0. The predicted molar refractivity (Wildman–Crippen MR) is 75.4 cm³/mol. The van der Waals surface area contributed by atoms with Gasteiger partial charge in [0.2, 0.25) is 0 Å². The van der Waals surface area contributed by atoms with E-state index in [1.165, 1.54) is 13.2 Å². The van der Waals surface area contributed by atoms with E-state index in [4.69, 9.17) is 27.8 Å². The predicted octanol–water partition coefficient (Wildman–Crippen LogP) is 1.40. The monoisotopic (exact) mass is 283 g/mol. The first kappa shape index (κ1) is 14.0. The molecule has 1 atom stereocenters. The van der Waals surface area contributed by atoms with Gasteiger partial charge in [0.25, 0.3) is 5.91 Å². The average Bonchev–Trinajstić information content (AvgIpc) is 3.22. The van der Waals surface area contributed by atoms with Crippen LogP contribution in [0.15, 0.2) is 12.1 Å². The molecule has 0 aliphatic heterocycles. The van der Waals surface area contributed by atoms with E-state index in [1.54, 1.807) is 6.07 Å². The molecule has 0 heterocycles.